The minimum atomic E-state index is -4.66. The number of H-pyrrole nitrogens is 1. The minimum Gasteiger partial charge on any atom is -0.409 e. The summed E-state index contributed by atoms with van der Waals surface area (Å²) in [5, 5.41) is 48.5. The highest BCUT2D eigenvalue weighted by molar-refractivity contribution is 9.11. The molecule has 0 saturated carbocycles. The summed E-state index contributed by atoms with van der Waals surface area (Å²) in [5.74, 6) is -0.165. The molecular weight excluding hydrogens is 2120 g/mol. The Hall–Kier alpha value is -12.7. The number of amides is 1. The summed E-state index contributed by atoms with van der Waals surface area (Å²) < 4.78 is 255. The lowest BCUT2D eigenvalue weighted by Gasteiger charge is -2.09. The zero-order valence-electron chi connectivity index (χ0n) is 59.3. The van der Waals surface area contributed by atoms with E-state index < -0.39 is 94.4 Å². The van der Waals surface area contributed by atoms with Gasteiger partial charge in [-0.1, -0.05) is 36.9 Å². The highest BCUT2D eigenvalue weighted by Gasteiger charge is 2.43. The molecule has 0 fully saturated rings. The molecule has 14 aromatic heterocycles. The van der Waals surface area contributed by atoms with E-state index in [1.165, 1.54) is 111 Å². The number of rotatable bonds is 13. The van der Waals surface area contributed by atoms with E-state index in [-0.39, 0.29) is 103 Å². The molecule has 0 aromatic carbocycles. The fourth-order valence-corrected chi connectivity index (χ4v) is 10.4. The van der Waals surface area contributed by atoms with Gasteiger partial charge in [-0.3, -0.25) is 28.2 Å². The zero-order valence-corrected chi connectivity index (χ0v) is 68.8. The molecule has 8 N–H and O–H groups in total. The molecule has 0 saturated heterocycles. The van der Waals surface area contributed by atoms with Crippen LogP contribution in [0.25, 0.3) is 62.8 Å². The van der Waals surface area contributed by atoms with Crippen LogP contribution in [-0.2, 0) is 53.7 Å². The van der Waals surface area contributed by atoms with Crippen molar-refractivity contribution in [3.8, 4) is 63.8 Å². The van der Waals surface area contributed by atoms with Gasteiger partial charge < -0.3 is 31.0 Å². The van der Waals surface area contributed by atoms with Gasteiger partial charge in [0.1, 0.15) is 17.1 Å². The predicted octanol–water partition coefficient (Wildman–Crippen LogP) is 16.3. The number of nitrogens with one attached hydrogen (secondary N) is 2. The molecule has 662 valence electrons. The average molecular weight is 2170 g/mol. The second-order valence-electron chi connectivity index (χ2n) is 22.2. The van der Waals surface area contributed by atoms with Gasteiger partial charge in [-0.15, -0.1) is 14.9 Å². The van der Waals surface area contributed by atoms with Crippen LogP contribution in [0.3, 0.4) is 0 Å². The number of oxime groups is 1. The SMILES string of the molecule is C.C.Cn1c(-c2cc(C(F)(F)F)n(-c3ccc(Br)cn3)n2)noc1=O.N/C(=N\O)c1cc(C(F)(F)F)n(-c2ccc(Br)cn2)n1.NO.O=CNc1cc(C(F)(F)F)n(-c2ccc(Br)cn2)n1.O=COc1cc(C(F)(F)F)n(-c2ccc(Br)cn2)n1.O=c1[nH]c(-c2cc(C(F)(F)F)n(-c3ccc(Br)cn3)n2)no1.[C-]#[N+]c1cc(C(F)(F)F)n(-c2ccc(Br)cn2)n1. The average Bonchev–Trinajstić information content (AvgIpc) is 1.63. The predicted molar refractivity (Wildman–Crippen MR) is 416 cm³/mol. The van der Waals surface area contributed by atoms with E-state index in [1.54, 1.807) is 6.07 Å². The van der Waals surface area contributed by atoms with Gasteiger partial charge in [0, 0.05) is 101 Å². The van der Waals surface area contributed by atoms with Crippen molar-refractivity contribution in [1.82, 2.24) is 108 Å². The number of aromatic nitrogens is 22. The molecule has 36 nitrogen and oxygen atoms in total. The van der Waals surface area contributed by atoms with E-state index in [9.17, 15) is 98.2 Å². The number of aromatic amines is 1. The van der Waals surface area contributed by atoms with E-state index in [0.717, 1.165) is 22.8 Å². The third-order valence-electron chi connectivity index (χ3n) is 14.1. The number of anilines is 1. The van der Waals surface area contributed by atoms with Crippen LogP contribution in [0.1, 0.15) is 54.7 Å². The van der Waals surface area contributed by atoms with Crippen LogP contribution >= 0.6 is 95.6 Å². The lowest BCUT2D eigenvalue weighted by molar-refractivity contribution is -0.143. The molecular formula is C65H45Br6F18N27O9. The van der Waals surface area contributed by atoms with E-state index in [1.807, 2.05) is 0 Å². The lowest BCUT2D eigenvalue weighted by Crippen LogP contribution is -2.15. The van der Waals surface area contributed by atoms with Crippen molar-refractivity contribution < 1.29 is 113 Å². The van der Waals surface area contributed by atoms with E-state index >= 15 is 0 Å². The Bertz CT molecular complexity index is 6030. The number of pyridine rings is 6. The van der Waals surface area contributed by atoms with Crippen LogP contribution in [0.4, 0.5) is 90.7 Å². The molecule has 125 heavy (non-hydrogen) atoms. The van der Waals surface area contributed by atoms with Crippen LogP contribution in [0.2, 0.25) is 0 Å². The van der Waals surface area contributed by atoms with E-state index in [2.05, 4.69) is 206 Å². The van der Waals surface area contributed by atoms with Crippen LogP contribution in [0, 0.1) is 6.57 Å². The Morgan fingerprint density at radius 1 is 0.480 bits per heavy atom. The molecule has 0 atom stereocenters. The molecule has 0 bridgehead atoms. The molecule has 0 spiro atoms. The molecule has 1 amide bonds. The summed E-state index contributed by atoms with van der Waals surface area (Å²) in [6.07, 6.45) is -19.5. The normalized spacial score (nSPS) is 11.4. The number of nitrogens with two attached hydrogens (primary N) is 2. The van der Waals surface area contributed by atoms with Crippen molar-refractivity contribution in [2.24, 2.45) is 23.8 Å². The van der Waals surface area contributed by atoms with Crippen molar-refractivity contribution in [2.75, 3.05) is 5.32 Å². The maximum Gasteiger partial charge on any atom is 0.441 e. The first-order valence-electron chi connectivity index (χ1n) is 31.5. The van der Waals surface area contributed by atoms with Crippen LogP contribution < -0.4 is 33.2 Å². The molecule has 0 aliphatic rings. The standard InChI is InChI=1S/C12H7BrF3N5O2.C11H5BrF3N5O2.C10H7BrF3N5O.C10H6BrF3N4O.C10H4BrF3N4.C10H5BrF3N3O2.2CH4.H3NO/c1-20-10(19-23-11(20)22)7-4-8(12(14,15)16)21(18-7)9-3-2-6(13)5-17-9;12-5-1-2-8(16-4-5)20-7(11(13,14)15)3-6(18-20)9-17-10(21)22-19-9;11-5-1-2-8(16-4-5)19-7(10(12,13)14)3-6(17-19)9(15)18-20;11-6-1-2-9(15-4-6)18-7(10(12,13)14)3-8(17-18)16-5-19;1-15-8-4-7(10(12,13)14)18(17-8)9-3-2-6(11)5-16-9;11-6-1-2-8(15-4-6)17-7(10(12,13)14)3-9(16-17)19-5-18;;;1-2/h2-5H,1H3;1-4H,(H,17,19,21);1-4,20H,(H2,15,18);1-5H,(H,16,17,19);2-5H;1-5H;2*1H4;2H,1H2. The Kier molecular flexibility index (Phi) is 34.4. The van der Waals surface area contributed by atoms with Gasteiger partial charge in [-0.05, 0) is 180 Å². The lowest BCUT2D eigenvalue weighted by atomic mass is 10.3. The first-order valence-corrected chi connectivity index (χ1v) is 36.2. The van der Waals surface area contributed by atoms with Gasteiger partial charge >= 0.3 is 48.6 Å². The van der Waals surface area contributed by atoms with Gasteiger partial charge in [0.25, 0.3) is 12.3 Å². The fraction of sp³-hybridized carbons (Fsp3) is 0.138. The minimum absolute atomic E-state index is 0. The topological polar surface area (TPSA) is 456 Å². The second-order valence-corrected chi connectivity index (χ2v) is 27.7. The Balaban J connectivity index is 0.000000231. The van der Waals surface area contributed by atoms with Crippen molar-refractivity contribution in [3.63, 3.8) is 0 Å². The third kappa shape index (κ3) is 26.7. The van der Waals surface area contributed by atoms with Gasteiger partial charge in [0.2, 0.25) is 23.9 Å². The molecule has 0 aliphatic heterocycles. The first-order chi connectivity index (χ1) is 57.7. The molecule has 14 heterocycles. The van der Waals surface area contributed by atoms with E-state index in [0.29, 0.717) is 73.1 Å². The molecule has 0 radical (unpaired) electrons. The summed E-state index contributed by atoms with van der Waals surface area (Å²) in [7, 11) is 1.32. The molecule has 0 aliphatic carbocycles. The number of nitrogens with zero attached hydrogens (tertiary/aromatic N) is 23. The fourth-order valence-electron chi connectivity index (χ4n) is 9.02. The summed E-state index contributed by atoms with van der Waals surface area (Å²) in [5.41, 5.74) is -1.70. The molecule has 14 aromatic rings. The van der Waals surface area contributed by atoms with Crippen LogP contribution in [0.15, 0.2) is 197 Å². The summed E-state index contributed by atoms with van der Waals surface area (Å²) >= 11 is 18.8. The summed E-state index contributed by atoms with van der Waals surface area (Å²) in [4.78, 5) is 70.7. The van der Waals surface area contributed by atoms with Crippen molar-refractivity contribution in [2.45, 2.75) is 51.9 Å². The number of halogens is 24. The number of ether oxygens (including phenoxy) is 1. The van der Waals surface area contributed by atoms with Gasteiger partial charge in [-0.2, -0.15) is 94.3 Å². The Morgan fingerprint density at radius 3 is 1.14 bits per heavy atom. The van der Waals surface area contributed by atoms with Crippen molar-refractivity contribution in [1.29, 1.82) is 0 Å². The van der Waals surface area contributed by atoms with Crippen LogP contribution in [0.5, 0.6) is 5.88 Å². The maximum atomic E-state index is 13.2. The first kappa shape index (κ1) is 101. The number of carbonyl (C=O) groups is 2. The molecule has 60 heteroatoms. The molecule has 0 unspecified atom stereocenters. The number of carbonyl (C=O) groups excluding carboxylic acids is 2. The van der Waals surface area contributed by atoms with Crippen molar-refractivity contribution >= 4 is 126 Å². The monoisotopic (exact) mass is 2160 g/mol. The second kappa shape index (κ2) is 42.6. The molecule has 14 rings (SSSR count). The summed E-state index contributed by atoms with van der Waals surface area (Å²) in [6, 6.07) is 21.6. The van der Waals surface area contributed by atoms with E-state index in [4.69, 9.17) is 22.7 Å². The zero-order chi connectivity index (χ0) is 91.0. The highest BCUT2D eigenvalue weighted by atomic mass is 79.9. The largest absolute Gasteiger partial charge is 0.441 e. The summed E-state index contributed by atoms with van der Waals surface area (Å²) in [6.45, 7) is 6.71. The maximum absolute atomic E-state index is 13.2. The number of amidine groups is 1. The van der Waals surface area contributed by atoms with Crippen molar-refractivity contribution in [3.05, 3.63) is 246 Å². The Morgan fingerprint density at radius 2 is 0.816 bits per heavy atom. The smallest absolute Gasteiger partial charge is 0.409 e. The van der Waals surface area contributed by atoms with Gasteiger partial charge in [-0.25, -0.2) is 68.8 Å². The third-order valence-corrected chi connectivity index (χ3v) is 16.9. The van der Waals surface area contributed by atoms with Gasteiger partial charge in [0.05, 0.1) is 0 Å². The van der Waals surface area contributed by atoms with Crippen LogP contribution in [-0.4, -0.2) is 138 Å². The number of hydrogen-bond acceptors (Lipinski definition) is 25. The van der Waals surface area contributed by atoms with Gasteiger partial charge in [0.15, 0.2) is 80.7 Å². The number of alkyl halides is 18. The quantitative estimate of drug-likeness (QED) is 0.0119. The Labute approximate surface area is 733 Å². The highest BCUT2D eigenvalue weighted by Crippen LogP contribution is 2.39. The number of hydrogen-bond donors (Lipinski definition) is 6.